The summed E-state index contributed by atoms with van der Waals surface area (Å²) >= 11 is 0. The van der Waals surface area contributed by atoms with E-state index in [1.807, 2.05) is 0 Å². The minimum absolute atomic E-state index is 0.188. The van der Waals surface area contributed by atoms with E-state index in [9.17, 15) is 8.42 Å². The van der Waals surface area contributed by atoms with Crippen LogP contribution in [0.3, 0.4) is 0 Å². The van der Waals surface area contributed by atoms with Gasteiger partial charge in [-0.25, -0.2) is 13.1 Å². The number of nitrogens with one attached hydrogen (secondary N) is 1. The minimum Gasteiger partial charge on any atom is -0.395 e. The third-order valence-electron chi connectivity index (χ3n) is 2.73. The van der Waals surface area contributed by atoms with Crippen molar-refractivity contribution in [2.24, 2.45) is 5.41 Å². The monoisotopic (exact) mass is 207 g/mol. The Morgan fingerprint density at radius 1 is 1.46 bits per heavy atom. The molecule has 1 aliphatic rings. The second kappa shape index (κ2) is 3.94. The number of rotatable bonds is 6. The summed E-state index contributed by atoms with van der Waals surface area (Å²) in [6, 6.07) is 0. The minimum atomic E-state index is -3.23. The van der Waals surface area contributed by atoms with Crippen LogP contribution in [-0.4, -0.2) is 32.4 Å². The molecule has 78 valence electrons. The van der Waals surface area contributed by atoms with Crippen molar-refractivity contribution in [1.82, 2.24) is 4.72 Å². The van der Waals surface area contributed by atoms with E-state index in [2.05, 4.69) is 11.6 Å². The van der Waals surface area contributed by atoms with Gasteiger partial charge in [-0.3, -0.25) is 0 Å². The van der Waals surface area contributed by atoms with Crippen LogP contribution in [0.5, 0.6) is 0 Å². The lowest BCUT2D eigenvalue weighted by Crippen LogP contribution is -2.32. The molecule has 0 spiro atoms. The zero-order valence-electron chi connectivity index (χ0n) is 7.91. The standard InChI is InChI=1S/C8H17NO3S/c1-2-8(3-4-8)7-9-13(11,12)6-5-10/h9-10H,2-7H2,1H3. The van der Waals surface area contributed by atoms with Crippen LogP contribution in [0.25, 0.3) is 0 Å². The largest absolute Gasteiger partial charge is 0.395 e. The van der Waals surface area contributed by atoms with Crippen molar-refractivity contribution in [1.29, 1.82) is 0 Å². The maximum Gasteiger partial charge on any atom is 0.213 e. The SMILES string of the molecule is CCC1(CNS(=O)(=O)CCO)CC1. The van der Waals surface area contributed by atoms with E-state index in [1.165, 1.54) is 0 Å². The Bertz CT molecular complexity index is 257. The first-order valence-corrected chi connectivity index (χ1v) is 6.27. The smallest absolute Gasteiger partial charge is 0.213 e. The lowest BCUT2D eigenvalue weighted by molar-refractivity contribution is 0.318. The second-order valence-corrected chi connectivity index (χ2v) is 5.64. The van der Waals surface area contributed by atoms with Crippen LogP contribution in [0.4, 0.5) is 0 Å². The number of aliphatic hydroxyl groups is 1. The van der Waals surface area contributed by atoms with E-state index in [0.717, 1.165) is 19.3 Å². The summed E-state index contributed by atoms with van der Waals surface area (Å²) in [5, 5.41) is 8.48. The van der Waals surface area contributed by atoms with E-state index in [4.69, 9.17) is 5.11 Å². The van der Waals surface area contributed by atoms with Gasteiger partial charge in [0.1, 0.15) is 0 Å². The summed E-state index contributed by atoms with van der Waals surface area (Å²) in [5.41, 5.74) is 0.225. The van der Waals surface area contributed by atoms with Gasteiger partial charge >= 0.3 is 0 Å². The Morgan fingerprint density at radius 2 is 2.08 bits per heavy atom. The molecule has 1 saturated carbocycles. The molecule has 0 unspecified atom stereocenters. The van der Waals surface area contributed by atoms with Crippen LogP contribution in [-0.2, 0) is 10.0 Å². The van der Waals surface area contributed by atoms with E-state index in [-0.39, 0.29) is 17.8 Å². The Balaban J connectivity index is 2.33. The van der Waals surface area contributed by atoms with Gasteiger partial charge < -0.3 is 5.11 Å². The molecule has 0 heterocycles. The maximum atomic E-state index is 11.1. The summed E-state index contributed by atoms with van der Waals surface area (Å²) in [5.74, 6) is -0.188. The Hall–Kier alpha value is -0.130. The van der Waals surface area contributed by atoms with Gasteiger partial charge in [-0.15, -0.1) is 0 Å². The lowest BCUT2D eigenvalue weighted by Gasteiger charge is -2.12. The average molecular weight is 207 g/mol. The Labute approximate surface area is 79.4 Å². The van der Waals surface area contributed by atoms with Crippen LogP contribution in [0, 0.1) is 5.41 Å². The van der Waals surface area contributed by atoms with E-state index < -0.39 is 10.0 Å². The number of aliphatic hydroxyl groups excluding tert-OH is 1. The van der Waals surface area contributed by atoms with E-state index in [1.54, 1.807) is 0 Å². The van der Waals surface area contributed by atoms with Gasteiger partial charge in [0.05, 0.1) is 12.4 Å². The van der Waals surface area contributed by atoms with Crippen molar-refractivity contribution in [2.75, 3.05) is 18.9 Å². The molecule has 4 nitrogen and oxygen atoms in total. The fraction of sp³-hybridized carbons (Fsp3) is 1.00. The predicted octanol–water partition coefficient (Wildman–Crippen LogP) is 0.0883. The second-order valence-electron chi connectivity index (χ2n) is 3.72. The van der Waals surface area contributed by atoms with Crippen molar-refractivity contribution in [3.63, 3.8) is 0 Å². The summed E-state index contributed by atoms with van der Waals surface area (Å²) in [7, 11) is -3.23. The molecule has 5 heteroatoms. The van der Waals surface area contributed by atoms with Gasteiger partial charge in [-0.1, -0.05) is 6.92 Å². The van der Waals surface area contributed by atoms with Gasteiger partial charge in [0, 0.05) is 6.54 Å². The molecule has 0 saturated heterocycles. The van der Waals surface area contributed by atoms with Crippen molar-refractivity contribution in [2.45, 2.75) is 26.2 Å². The van der Waals surface area contributed by atoms with Crippen LogP contribution < -0.4 is 4.72 Å². The van der Waals surface area contributed by atoms with E-state index >= 15 is 0 Å². The van der Waals surface area contributed by atoms with Gasteiger partial charge in [0.15, 0.2) is 0 Å². The zero-order valence-corrected chi connectivity index (χ0v) is 8.73. The van der Waals surface area contributed by atoms with Gasteiger partial charge in [-0.05, 0) is 24.7 Å². The van der Waals surface area contributed by atoms with Crippen molar-refractivity contribution < 1.29 is 13.5 Å². The highest BCUT2D eigenvalue weighted by Gasteiger charge is 2.40. The molecule has 1 fully saturated rings. The molecule has 13 heavy (non-hydrogen) atoms. The van der Waals surface area contributed by atoms with Crippen LogP contribution in [0.1, 0.15) is 26.2 Å². The van der Waals surface area contributed by atoms with Crippen molar-refractivity contribution in [3.05, 3.63) is 0 Å². The highest BCUT2D eigenvalue weighted by atomic mass is 32.2. The summed E-state index contributed by atoms with van der Waals surface area (Å²) in [6.45, 7) is 2.30. The first kappa shape index (κ1) is 10.9. The number of hydrogen-bond donors (Lipinski definition) is 2. The topological polar surface area (TPSA) is 66.4 Å². The molecule has 2 N–H and O–H groups in total. The number of hydrogen-bond acceptors (Lipinski definition) is 3. The molecule has 0 radical (unpaired) electrons. The molecular weight excluding hydrogens is 190 g/mol. The lowest BCUT2D eigenvalue weighted by atomic mass is 10.1. The molecule has 0 aromatic carbocycles. The molecule has 1 aliphatic carbocycles. The molecule has 0 bridgehead atoms. The molecule has 0 amide bonds. The van der Waals surface area contributed by atoms with E-state index in [0.29, 0.717) is 6.54 Å². The maximum absolute atomic E-state index is 11.1. The van der Waals surface area contributed by atoms with Gasteiger partial charge in [0.25, 0.3) is 0 Å². The quantitative estimate of drug-likeness (QED) is 0.648. The Morgan fingerprint density at radius 3 is 2.46 bits per heavy atom. The average Bonchev–Trinajstić information content (AvgIpc) is 2.82. The molecule has 0 atom stereocenters. The third kappa shape index (κ3) is 3.25. The number of sulfonamides is 1. The van der Waals surface area contributed by atoms with Crippen LogP contribution in [0.2, 0.25) is 0 Å². The first-order valence-electron chi connectivity index (χ1n) is 4.62. The van der Waals surface area contributed by atoms with Crippen LogP contribution in [0.15, 0.2) is 0 Å². The molecule has 0 aromatic heterocycles. The zero-order chi connectivity index (χ0) is 9.95. The molecule has 0 aromatic rings. The van der Waals surface area contributed by atoms with Gasteiger partial charge in [-0.2, -0.15) is 0 Å². The molecular formula is C8H17NO3S. The van der Waals surface area contributed by atoms with Gasteiger partial charge in [0.2, 0.25) is 10.0 Å². The predicted molar refractivity (Wildman–Crippen MR) is 50.8 cm³/mol. The fourth-order valence-corrected chi connectivity index (χ4v) is 2.20. The summed E-state index contributed by atoms with van der Waals surface area (Å²) < 4.78 is 24.8. The first-order chi connectivity index (χ1) is 6.04. The summed E-state index contributed by atoms with van der Waals surface area (Å²) in [4.78, 5) is 0. The van der Waals surface area contributed by atoms with Crippen LogP contribution >= 0.6 is 0 Å². The normalized spacial score (nSPS) is 20.2. The van der Waals surface area contributed by atoms with Crippen molar-refractivity contribution >= 4 is 10.0 Å². The summed E-state index contributed by atoms with van der Waals surface area (Å²) in [6.07, 6.45) is 3.25. The Kier molecular flexibility index (Phi) is 3.32. The molecule has 1 rings (SSSR count). The highest BCUT2D eigenvalue weighted by molar-refractivity contribution is 7.89. The third-order valence-corrected chi connectivity index (χ3v) is 4.04. The van der Waals surface area contributed by atoms with Crippen molar-refractivity contribution in [3.8, 4) is 0 Å². The molecule has 0 aliphatic heterocycles. The highest BCUT2D eigenvalue weighted by Crippen LogP contribution is 2.47. The fourth-order valence-electron chi connectivity index (χ4n) is 1.29.